The highest BCUT2D eigenvalue weighted by Gasteiger charge is 2.08. The second kappa shape index (κ2) is 8.55. The van der Waals surface area contributed by atoms with Gasteiger partial charge in [-0.25, -0.2) is 0 Å². The topological polar surface area (TPSA) is 12.0 Å². The molecule has 2 atom stereocenters. The summed E-state index contributed by atoms with van der Waals surface area (Å²) in [5.41, 5.74) is 1.31. The molecule has 0 saturated heterocycles. The summed E-state index contributed by atoms with van der Waals surface area (Å²) in [6.07, 6.45) is 6.62. The van der Waals surface area contributed by atoms with Crippen molar-refractivity contribution in [2.24, 2.45) is 0 Å². The minimum absolute atomic E-state index is 0.392. The Morgan fingerprint density at radius 3 is 2.33 bits per heavy atom. The van der Waals surface area contributed by atoms with Crippen molar-refractivity contribution in [3.63, 3.8) is 0 Å². The first kappa shape index (κ1) is 15.5. The highest BCUT2D eigenvalue weighted by atomic mass is 35.5. The van der Waals surface area contributed by atoms with Gasteiger partial charge < -0.3 is 5.32 Å². The lowest BCUT2D eigenvalue weighted by Gasteiger charge is -2.20. The summed E-state index contributed by atoms with van der Waals surface area (Å²) in [6, 6.07) is 9.09. The second-order valence-corrected chi connectivity index (χ2v) is 5.63. The van der Waals surface area contributed by atoms with Crippen LogP contribution in [0.2, 0.25) is 5.02 Å². The summed E-state index contributed by atoms with van der Waals surface area (Å²) in [7, 11) is 0. The van der Waals surface area contributed by atoms with Crippen LogP contribution in [-0.4, -0.2) is 6.04 Å². The minimum Gasteiger partial charge on any atom is -0.308 e. The molecule has 0 radical (unpaired) electrons. The van der Waals surface area contributed by atoms with Crippen molar-refractivity contribution >= 4 is 11.6 Å². The summed E-state index contributed by atoms with van der Waals surface area (Å²) < 4.78 is 0. The van der Waals surface area contributed by atoms with E-state index in [0.717, 1.165) is 5.02 Å². The number of hydrogen-bond donors (Lipinski definition) is 1. The van der Waals surface area contributed by atoms with Crippen LogP contribution in [0.1, 0.15) is 64.5 Å². The van der Waals surface area contributed by atoms with Crippen molar-refractivity contribution in [2.45, 2.75) is 65.0 Å². The molecule has 102 valence electrons. The van der Waals surface area contributed by atoms with Crippen molar-refractivity contribution < 1.29 is 0 Å². The second-order valence-electron chi connectivity index (χ2n) is 5.19. The van der Waals surface area contributed by atoms with Crippen LogP contribution in [0.5, 0.6) is 0 Å². The van der Waals surface area contributed by atoms with Crippen LogP contribution >= 0.6 is 11.6 Å². The Kier molecular flexibility index (Phi) is 7.38. The van der Waals surface area contributed by atoms with Gasteiger partial charge in [-0.2, -0.15) is 0 Å². The van der Waals surface area contributed by atoms with Crippen molar-refractivity contribution in [1.82, 2.24) is 5.32 Å². The molecule has 0 heterocycles. The van der Waals surface area contributed by atoms with Gasteiger partial charge in [0.1, 0.15) is 0 Å². The van der Waals surface area contributed by atoms with Crippen LogP contribution in [-0.2, 0) is 0 Å². The first-order valence-corrected chi connectivity index (χ1v) is 7.52. The van der Waals surface area contributed by atoms with Crippen LogP contribution < -0.4 is 5.32 Å². The normalized spacial score (nSPS) is 14.4. The largest absolute Gasteiger partial charge is 0.308 e. The fourth-order valence-electron chi connectivity index (χ4n) is 2.24. The zero-order valence-electron chi connectivity index (χ0n) is 11.9. The van der Waals surface area contributed by atoms with E-state index in [1.165, 1.54) is 37.7 Å². The molecular formula is C16H26ClN. The molecule has 0 spiro atoms. The minimum atomic E-state index is 0.392. The van der Waals surface area contributed by atoms with Crippen LogP contribution in [0.15, 0.2) is 24.3 Å². The zero-order valence-corrected chi connectivity index (χ0v) is 12.6. The Hall–Kier alpha value is -0.530. The highest BCUT2D eigenvalue weighted by molar-refractivity contribution is 6.30. The monoisotopic (exact) mass is 267 g/mol. The molecule has 18 heavy (non-hydrogen) atoms. The molecule has 1 aromatic rings. The molecule has 0 bridgehead atoms. The first-order valence-electron chi connectivity index (χ1n) is 7.15. The van der Waals surface area contributed by atoms with Gasteiger partial charge in [0.15, 0.2) is 0 Å². The van der Waals surface area contributed by atoms with Crippen LogP contribution in [0.25, 0.3) is 0 Å². The third-order valence-electron chi connectivity index (χ3n) is 3.40. The Morgan fingerprint density at radius 1 is 1.06 bits per heavy atom. The average Bonchev–Trinajstić information content (AvgIpc) is 2.35. The molecule has 1 rings (SSSR count). The number of halogens is 1. The summed E-state index contributed by atoms with van der Waals surface area (Å²) in [6.45, 7) is 6.74. The van der Waals surface area contributed by atoms with Gasteiger partial charge in [0.05, 0.1) is 0 Å². The van der Waals surface area contributed by atoms with Gasteiger partial charge in [-0.15, -0.1) is 0 Å². The Labute approximate surface area is 117 Å². The number of unbranched alkanes of at least 4 members (excludes halogenated alkanes) is 3. The van der Waals surface area contributed by atoms with Crippen molar-refractivity contribution in [3.05, 3.63) is 34.9 Å². The fourth-order valence-corrected chi connectivity index (χ4v) is 2.36. The van der Waals surface area contributed by atoms with E-state index in [0.29, 0.717) is 12.1 Å². The molecule has 2 heteroatoms. The predicted molar refractivity (Wildman–Crippen MR) is 81.2 cm³/mol. The van der Waals surface area contributed by atoms with Crippen molar-refractivity contribution in [1.29, 1.82) is 0 Å². The van der Waals surface area contributed by atoms with E-state index < -0.39 is 0 Å². The Morgan fingerprint density at radius 2 is 1.72 bits per heavy atom. The van der Waals surface area contributed by atoms with Gasteiger partial charge >= 0.3 is 0 Å². The maximum absolute atomic E-state index is 5.90. The molecule has 1 N–H and O–H groups in total. The molecule has 0 aromatic heterocycles. The van der Waals surface area contributed by atoms with E-state index >= 15 is 0 Å². The summed E-state index contributed by atoms with van der Waals surface area (Å²) in [4.78, 5) is 0. The van der Waals surface area contributed by atoms with Crippen molar-refractivity contribution in [2.75, 3.05) is 0 Å². The molecule has 1 aromatic carbocycles. The quantitative estimate of drug-likeness (QED) is 0.626. The molecule has 0 fully saturated rings. The molecule has 1 unspecified atom stereocenters. The molecule has 0 aliphatic carbocycles. The smallest absolute Gasteiger partial charge is 0.0406 e. The summed E-state index contributed by atoms with van der Waals surface area (Å²) >= 11 is 5.90. The number of nitrogens with one attached hydrogen (secondary N) is 1. The number of hydrogen-bond acceptors (Lipinski definition) is 1. The van der Waals surface area contributed by atoms with E-state index in [2.05, 4.69) is 38.2 Å². The van der Waals surface area contributed by atoms with Gasteiger partial charge in [0, 0.05) is 17.1 Å². The predicted octanol–water partition coefficient (Wildman–Crippen LogP) is 5.35. The molecule has 0 saturated carbocycles. The van der Waals surface area contributed by atoms with Crippen LogP contribution in [0, 0.1) is 0 Å². The standard InChI is InChI=1S/C16H26ClN/c1-4-5-6-7-8-13(2)18-14(3)15-9-11-16(17)12-10-15/h9-14,18H,4-8H2,1-3H3/t13?,14-/m0/s1. The van der Waals surface area contributed by atoms with E-state index in [1.54, 1.807) is 0 Å². The van der Waals surface area contributed by atoms with Crippen molar-refractivity contribution in [3.8, 4) is 0 Å². The van der Waals surface area contributed by atoms with E-state index in [-0.39, 0.29) is 0 Å². The van der Waals surface area contributed by atoms with Crippen LogP contribution in [0.4, 0.5) is 0 Å². The number of rotatable bonds is 8. The third-order valence-corrected chi connectivity index (χ3v) is 3.65. The van der Waals surface area contributed by atoms with Gasteiger partial charge in [-0.1, -0.05) is 56.3 Å². The molecule has 1 nitrogen and oxygen atoms in total. The van der Waals surface area contributed by atoms with Gasteiger partial charge in [0.2, 0.25) is 0 Å². The summed E-state index contributed by atoms with van der Waals surface area (Å²) in [5, 5.41) is 4.45. The lowest BCUT2D eigenvalue weighted by atomic mass is 10.0. The maximum atomic E-state index is 5.90. The lowest BCUT2D eigenvalue weighted by Crippen LogP contribution is -2.28. The van der Waals surface area contributed by atoms with Crippen LogP contribution in [0.3, 0.4) is 0 Å². The Bertz CT molecular complexity index is 320. The van der Waals surface area contributed by atoms with Gasteiger partial charge in [-0.3, -0.25) is 0 Å². The average molecular weight is 268 g/mol. The molecule has 0 aliphatic rings. The Balaban J connectivity index is 2.30. The number of benzene rings is 1. The third kappa shape index (κ3) is 5.88. The molecule has 0 aliphatic heterocycles. The first-order chi connectivity index (χ1) is 8.63. The van der Waals surface area contributed by atoms with E-state index in [9.17, 15) is 0 Å². The fraction of sp³-hybridized carbons (Fsp3) is 0.625. The van der Waals surface area contributed by atoms with E-state index in [4.69, 9.17) is 11.6 Å². The van der Waals surface area contributed by atoms with E-state index in [1.807, 2.05) is 12.1 Å². The van der Waals surface area contributed by atoms with Gasteiger partial charge in [-0.05, 0) is 38.0 Å². The highest BCUT2D eigenvalue weighted by Crippen LogP contribution is 2.17. The SMILES string of the molecule is CCCCCCC(C)N[C@@H](C)c1ccc(Cl)cc1. The molecular weight excluding hydrogens is 242 g/mol. The zero-order chi connectivity index (χ0) is 13.4. The summed E-state index contributed by atoms with van der Waals surface area (Å²) in [5.74, 6) is 0. The van der Waals surface area contributed by atoms with Gasteiger partial charge in [0.25, 0.3) is 0 Å². The maximum Gasteiger partial charge on any atom is 0.0406 e. The lowest BCUT2D eigenvalue weighted by molar-refractivity contribution is 0.438. The molecule has 0 amide bonds.